The summed E-state index contributed by atoms with van der Waals surface area (Å²) in [4.78, 5) is 16.0. The van der Waals surface area contributed by atoms with E-state index in [1.807, 2.05) is 6.07 Å². The molecule has 0 aliphatic carbocycles. The van der Waals surface area contributed by atoms with Crippen molar-refractivity contribution in [2.75, 3.05) is 0 Å². The number of nitrogens with zero attached hydrogens (tertiary/aromatic N) is 2. The molecule has 2 N–H and O–H groups in total. The van der Waals surface area contributed by atoms with E-state index < -0.39 is 11.4 Å². The van der Waals surface area contributed by atoms with Crippen molar-refractivity contribution in [2.45, 2.75) is 25.3 Å². The van der Waals surface area contributed by atoms with Gasteiger partial charge in [-0.05, 0) is 26.0 Å². The highest BCUT2D eigenvalue weighted by atomic mass is 35.5. The van der Waals surface area contributed by atoms with E-state index in [0.717, 1.165) is 5.52 Å². The number of benzene rings is 1. The smallest absolute Gasteiger partial charge is 0.243 e. The fourth-order valence-corrected chi connectivity index (χ4v) is 2.33. The van der Waals surface area contributed by atoms with Gasteiger partial charge in [-0.2, -0.15) is 0 Å². The molecule has 0 bridgehead atoms. The number of carbonyl (C=O) groups is 1. The zero-order valence-electron chi connectivity index (χ0n) is 10.1. The largest absolute Gasteiger partial charge is 0.368 e. The van der Waals surface area contributed by atoms with Crippen molar-refractivity contribution < 1.29 is 4.79 Å². The molecule has 2 rings (SSSR count). The predicted octanol–water partition coefficient (Wildman–Crippen LogP) is 2.65. The van der Waals surface area contributed by atoms with E-state index in [0.29, 0.717) is 16.4 Å². The summed E-state index contributed by atoms with van der Waals surface area (Å²) in [5.74, 6) is 0.304. The van der Waals surface area contributed by atoms with Gasteiger partial charge in [-0.1, -0.05) is 17.7 Å². The monoisotopic (exact) mass is 285 g/mol. The van der Waals surface area contributed by atoms with Crippen LogP contribution in [0.5, 0.6) is 0 Å². The van der Waals surface area contributed by atoms with Crippen LogP contribution >= 0.6 is 23.2 Å². The Labute approximate surface area is 115 Å². The summed E-state index contributed by atoms with van der Waals surface area (Å²) >= 11 is 12.0. The number of alkyl halides is 1. The van der Waals surface area contributed by atoms with Gasteiger partial charge in [0.2, 0.25) is 5.91 Å². The molecule has 0 unspecified atom stereocenters. The molecule has 1 aromatic heterocycles. The Morgan fingerprint density at radius 3 is 2.72 bits per heavy atom. The zero-order chi connectivity index (χ0) is 13.5. The third-order valence-electron chi connectivity index (χ3n) is 2.99. The Balaban J connectivity index is 2.84. The summed E-state index contributed by atoms with van der Waals surface area (Å²) in [6.07, 6.45) is 0. The lowest BCUT2D eigenvalue weighted by Gasteiger charge is -2.25. The van der Waals surface area contributed by atoms with E-state index in [1.165, 1.54) is 0 Å². The van der Waals surface area contributed by atoms with Crippen molar-refractivity contribution in [1.29, 1.82) is 0 Å². The first-order valence-corrected chi connectivity index (χ1v) is 6.33. The number of nitrogens with two attached hydrogens (primary N) is 1. The molecule has 0 radical (unpaired) electrons. The first kappa shape index (κ1) is 13.2. The van der Waals surface area contributed by atoms with Gasteiger partial charge < -0.3 is 10.3 Å². The normalized spacial score (nSPS) is 12.0. The number of hydrogen-bond acceptors (Lipinski definition) is 2. The van der Waals surface area contributed by atoms with Crippen LogP contribution < -0.4 is 5.73 Å². The van der Waals surface area contributed by atoms with Crippen LogP contribution in [0.1, 0.15) is 19.7 Å². The van der Waals surface area contributed by atoms with Crippen molar-refractivity contribution >= 4 is 40.1 Å². The zero-order valence-corrected chi connectivity index (χ0v) is 11.6. The number of para-hydroxylation sites is 1. The molecule has 0 saturated heterocycles. The molecule has 0 aliphatic rings. The van der Waals surface area contributed by atoms with Crippen LogP contribution in [0.3, 0.4) is 0 Å². The van der Waals surface area contributed by atoms with E-state index >= 15 is 0 Å². The van der Waals surface area contributed by atoms with Crippen molar-refractivity contribution in [3.63, 3.8) is 0 Å². The van der Waals surface area contributed by atoms with Gasteiger partial charge in [0.05, 0.1) is 16.4 Å². The average Bonchev–Trinajstić information content (AvgIpc) is 2.69. The second-order valence-electron chi connectivity index (χ2n) is 4.53. The molecule has 0 atom stereocenters. The standard InChI is InChI=1S/C12H13Cl2N3O/c1-12(2,11(15)18)17-8-5-3-4-7(14)10(8)16-9(17)6-13/h3-5H,6H2,1-2H3,(H2,15,18). The predicted molar refractivity (Wildman–Crippen MR) is 72.8 cm³/mol. The summed E-state index contributed by atoms with van der Waals surface area (Å²) < 4.78 is 1.74. The van der Waals surface area contributed by atoms with Crippen LogP contribution in [0.25, 0.3) is 11.0 Å². The van der Waals surface area contributed by atoms with E-state index in [4.69, 9.17) is 28.9 Å². The third kappa shape index (κ3) is 1.85. The topological polar surface area (TPSA) is 60.9 Å². The molecule has 0 fully saturated rings. The van der Waals surface area contributed by atoms with Gasteiger partial charge in [0.15, 0.2) is 0 Å². The Morgan fingerprint density at radius 1 is 1.50 bits per heavy atom. The van der Waals surface area contributed by atoms with E-state index in [-0.39, 0.29) is 5.88 Å². The summed E-state index contributed by atoms with van der Waals surface area (Å²) in [6, 6.07) is 5.39. The molecule has 1 aromatic carbocycles. The molecule has 18 heavy (non-hydrogen) atoms. The van der Waals surface area contributed by atoms with Gasteiger partial charge in [0.1, 0.15) is 16.9 Å². The molecule has 1 heterocycles. The lowest BCUT2D eigenvalue weighted by atomic mass is 10.0. The molecule has 0 spiro atoms. The van der Waals surface area contributed by atoms with Crippen LogP contribution in [0, 0.1) is 0 Å². The number of carbonyl (C=O) groups excluding carboxylic acids is 1. The average molecular weight is 286 g/mol. The van der Waals surface area contributed by atoms with Gasteiger partial charge in [0.25, 0.3) is 0 Å². The third-order valence-corrected chi connectivity index (χ3v) is 3.53. The molecular formula is C12H13Cl2N3O. The highest BCUT2D eigenvalue weighted by Gasteiger charge is 2.31. The maximum absolute atomic E-state index is 11.6. The highest BCUT2D eigenvalue weighted by Crippen LogP contribution is 2.29. The Hall–Kier alpha value is -1.26. The van der Waals surface area contributed by atoms with Gasteiger partial charge in [-0.25, -0.2) is 4.98 Å². The number of imidazole rings is 1. The van der Waals surface area contributed by atoms with E-state index in [9.17, 15) is 4.79 Å². The van der Waals surface area contributed by atoms with Crippen LogP contribution in [0.4, 0.5) is 0 Å². The van der Waals surface area contributed by atoms with E-state index in [2.05, 4.69) is 4.98 Å². The summed E-state index contributed by atoms with van der Waals surface area (Å²) in [5.41, 5.74) is 5.92. The molecule has 0 saturated carbocycles. The van der Waals surface area contributed by atoms with Crippen LogP contribution in [-0.4, -0.2) is 15.5 Å². The molecular weight excluding hydrogens is 273 g/mol. The van der Waals surface area contributed by atoms with Crippen LogP contribution in [0.2, 0.25) is 5.02 Å². The number of primary amides is 1. The lowest BCUT2D eigenvalue weighted by Crippen LogP contribution is -2.41. The van der Waals surface area contributed by atoms with Gasteiger partial charge >= 0.3 is 0 Å². The fraction of sp³-hybridized carbons (Fsp3) is 0.333. The number of aromatic nitrogens is 2. The second-order valence-corrected chi connectivity index (χ2v) is 5.20. The molecule has 4 nitrogen and oxygen atoms in total. The minimum Gasteiger partial charge on any atom is -0.368 e. The molecule has 6 heteroatoms. The summed E-state index contributed by atoms with van der Waals surface area (Å²) in [6.45, 7) is 3.46. The van der Waals surface area contributed by atoms with Gasteiger partial charge in [0, 0.05) is 0 Å². The SMILES string of the molecule is CC(C)(C(N)=O)n1c(CCl)nc2c(Cl)cccc21. The number of halogens is 2. The summed E-state index contributed by atoms with van der Waals surface area (Å²) in [5, 5.41) is 0.526. The molecule has 2 aromatic rings. The molecule has 96 valence electrons. The first-order chi connectivity index (χ1) is 8.39. The number of rotatable bonds is 3. The minimum absolute atomic E-state index is 0.182. The molecule has 1 amide bonds. The Kier molecular flexibility index (Phi) is 3.25. The van der Waals surface area contributed by atoms with Crippen LogP contribution in [-0.2, 0) is 16.2 Å². The summed E-state index contributed by atoms with van der Waals surface area (Å²) in [7, 11) is 0. The van der Waals surface area contributed by atoms with E-state index in [1.54, 1.807) is 30.5 Å². The first-order valence-electron chi connectivity index (χ1n) is 5.41. The van der Waals surface area contributed by atoms with Crippen LogP contribution in [0.15, 0.2) is 18.2 Å². The molecule has 0 aliphatic heterocycles. The maximum Gasteiger partial charge on any atom is 0.243 e. The Bertz CT molecular complexity index is 619. The number of hydrogen-bond donors (Lipinski definition) is 1. The lowest BCUT2D eigenvalue weighted by molar-refractivity contribution is -0.125. The second kappa shape index (κ2) is 4.44. The maximum atomic E-state index is 11.6. The van der Waals surface area contributed by atoms with Crippen molar-refractivity contribution in [3.05, 3.63) is 29.0 Å². The fourth-order valence-electron chi connectivity index (χ4n) is 1.94. The quantitative estimate of drug-likeness (QED) is 0.882. The highest BCUT2D eigenvalue weighted by molar-refractivity contribution is 6.35. The van der Waals surface area contributed by atoms with Gasteiger partial charge in [-0.3, -0.25) is 4.79 Å². The van der Waals surface area contributed by atoms with Crippen molar-refractivity contribution in [2.24, 2.45) is 5.73 Å². The van der Waals surface area contributed by atoms with Gasteiger partial charge in [-0.15, -0.1) is 11.6 Å². The van der Waals surface area contributed by atoms with Crippen molar-refractivity contribution in [1.82, 2.24) is 9.55 Å². The number of amides is 1. The minimum atomic E-state index is -0.913. The number of fused-ring (bicyclic) bond motifs is 1. The Morgan fingerprint density at radius 2 is 2.17 bits per heavy atom. The van der Waals surface area contributed by atoms with Crippen molar-refractivity contribution in [3.8, 4) is 0 Å².